The lowest BCUT2D eigenvalue weighted by molar-refractivity contribution is -0.142. The van der Waals surface area contributed by atoms with Gasteiger partial charge in [0.1, 0.15) is 6.10 Å². The van der Waals surface area contributed by atoms with Gasteiger partial charge in [-0.05, 0) is 31.9 Å². The van der Waals surface area contributed by atoms with Gasteiger partial charge in [-0.15, -0.1) is 0 Å². The fraction of sp³-hybridized carbons (Fsp3) is 0.385. The van der Waals surface area contributed by atoms with Crippen LogP contribution in [0.5, 0.6) is 0 Å². The molecule has 0 aliphatic heterocycles. The van der Waals surface area contributed by atoms with Crippen LogP contribution in [0.25, 0.3) is 0 Å². The molecule has 0 spiro atoms. The Bertz CT molecular complexity index is 459. The van der Waals surface area contributed by atoms with Crippen molar-refractivity contribution in [1.82, 2.24) is 0 Å². The number of carboxylic acid groups (broad SMARTS) is 1. The molecule has 3 N–H and O–H groups in total. The number of benzene rings is 1. The Kier molecular flexibility index (Phi) is 4.44. The van der Waals surface area contributed by atoms with Gasteiger partial charge in [-0.1, -0.05) is 17.7 Å². The largest absolute Gasteiger partial charge is 0.481 e. The van der Waals surface area contributed by atoms with Crippen LogP contribution >= 0.6 is 0 Å². The van der Waals surface area contributed by atoms with E-state index in [1.54, 1.807) is 0 Å². The summed E-state index contributed by atoms with van der Waals surface area (Å²) in [6, 6.07) is 3.82. The Labute approximate surface area is 105 Å². The van der Waals surface area contributed by atoms with Crippen molar-refractivity contribution in [2.45, 2.75) is 33.3 Å². The molecule has 0 radical (unpaired) electrons. The SMILES string of the molecule is Cc1cc(C)c(NC(=O)C(O)CC(=O)O)c(C)c1. The van der Waals surface area contributed by atoms with E-state index < -0.39 is 24.4 Å². The molecule has 5 heteroatoms. The fourth-order valence-corrected chi connectivity index (χ4v) is 1.84. The number of carboxylic acids is 1. The molecule has 0 saturated carbocycles. The molecular formula is C13H17NO4. The maximum Gasteiger partial charge on any atom is 0.306 e. The molecule has 1 aromatic carbocycles. The number of aliphatic hydroxyl groups is 1. The van der Waals surface area contributed by atoms with E-state index in [0.717, 1.165) is 16.7 Å². The normalized spacial score (nSPS) is 12.0. The van der Waals surface area contributed by atoms with Crippen molar-refractivity contribution in [3.8, 4) is 0 Å². The predicted octanol–water partition coefficient (Wildman–Crippen LogP) is 1.39. The summed E-state index contributed by atoms with van der Waals surface area (Å²) in [7, 11) is 0. The summed E-state index contributed by atoms with van der Waals surface area (Å²) in [4.78, 5) is 22.0. The summed E-state index contributed by atoms with van der Waals surface area (Å²) in [6.07, 6.45) is -2.14. The second kappa shape index (κ2) is 5.64. The lowest BCUT2D eigenvalue weighted by atomic mass is 10.0. The van der Waals surface area contributed by atoms with Crippen LogP contribution in [0.4, 0.5) is 5.69 Å². The minimum atomic E-state index is -1.54. The van der Waals surface area contributed by atoms with Crippen LogP contribution in [0.2, 0.25) is 0 Å². The zero-order valence-corrected chi connectivity index (χ0v) is 10.7. The molecule has 0 aromatic heterocycles. The number of carbonyl (C=O) groups excluding carboxylic acids is 1. The number of anilines is 1. The van der Waals surface area contributed by atoms with Gasteiger partial charge in [-0.3, -0.25) is 9.59 Å². The van der Waals surface area contributed by atoms with E-state index in [4.69, 9.17) is 5.11 Å². The second-order valence-corrected chi connectivity index (χ2v) is 4.38. The first-order chi connectivity index (χ1) is 8.31. The first-order valence-electron chi connectivity index (χ1n) is 5.60. The molecule has 1 rings (SSSR count). The van der Waals surface area contributed by atoms with Gasteiger partial charge in [0.2, 0.25) is 0 Å². The zero-order valence-electron chi connectivity index (χ0n) is 10.7. The number of rotatable bonds is 4. The van der Waals surface area contributed by atoms with Crippen molar-refractivity contribution in [3.63, 3.8) is 0 Å². The van der Waals surface area contributed by atoms with E-state index in [9.17, 15) is 14.7 Å². The van der Waals surface area contributed by atoms with Gasteiger partial charge in [0.15, 0.2) is 0 Å². The van der Waals surface area contributed by atoms with Crippen LogP contribution in [0.15, 0.2) is 12.1 Å². The van der Waals surface area contributed by atoms with E-state index in [-0.39, 0.29) is 0 Å². The molecule has 0 heterocycles. The van der Waals surface area contributed by atoms with Crippen LogP contribution < -0.4 is 5.32 Å². The molecule has 1 unspecified atom stereocenters. The highest BCUT2D eigenvalue weighted by atomic mass is 16.4. The molecule has 0 aliphatic carbocycles. The van der Waals surface area contributed by atoms with Crippen LogP contribution in [0.1, 0.15) is 23.1 Å². The lowest BCUT2D eigenvalue weighted by Crippen LogP contribution is -2.30. The van der Waals surface area contributed by atoms with Gasteiger partial charge >= 0.3 is 5.97 Å². The molecule has 1 aromatic rings. The highest BCUT2D eigenvalue weighted by Gasteiger charge is 2.19. The molecule has 5 nitrogen and oxygen atoms in total. The first kappa shape index (κ1) is 14.2. The third-order valence-corrected chi connectivity index (χ3v) is 2.60. The smallest absolute Gasteiger partial charge is 0.306 e. The van der Waals surface area contributed by atoms with Gasteiger partial charge in [0, 0.05) is 5.69 Å². The lowest BCUT2D eigenvalue weighted by Gasteiger charge is -2.14. The van der Waals surface area contributed by atoms with Crippen LogP contribution in [0.3, 0.4) is 0 Å². The molecule has 0 fully saturated rings. The molecule has 98 valence electrons. The Morgan fingerprint density at radius 1 is 1.22 bits per heavy atom. The topological polar surface area (TPSA) is 86.6 Å². The predicted molar refractivity (Wildman–Crippen MR) is 67.5 cm³/mol. The number of aliphatic carboxylic acids is 1. The average molecular weight is 251 g/mol. The standard InChI is InChI=1S/C13H17NO4/c1-7-4-8(2)12(9(3)5-7)14-13(18)10(15)6-11(16)17/h4-5,10,15H,6H2,1-3H3,(H,14,18)(H,16,17). The minimum Gasteiger partial charge on any atom is -0.481 e. The summed E-state index contributed by atoms with van der Waals surface area (Å²) in [6.45, 7) is 5.64. The molecule has 1 amide bonds. The Balaban J connectivity index is 2.85. The maximum atomic E-state index is 11.6. The van der Waals surface area contributed by atoms with Gasteiger partial charge < -0.3 is 15.5 Å². The number of hydrogen-bond donors (Lipinski definition) is 3. The highest BCUT2D eigenvalue weighted by molar-refractivity contribution is 5.97. The van der Waals surface area contributed by atoms with Gasteiger partial charge in [-0.2, -0.15) is 0 Å². The molecular weight excluding hydrogens is 234 g/mol. The molecule has 18 heavy (non-hydrogen) atoms. The number of amides is 1. The number of carbonyl (C=O) groups is 2. The van der Waals surface area contributed by atoms with Crippen molar-refractivity contribution in [2.75, 3.05) is 5.32 Å². The van der Waals surface area contributed by atoms with Crippen molar-refractivity contribution in [1.29, 1.82) is 0 Å². The third kappa shape index (κ3) is 3.56. The molecule has 0 saturated heterocycles. The molecule has 0 aliphatic rings. The van der Waals surface area contributed by atoms with Crippen LogP contribution in [-0.4, -0.2) is 28.2 Å². The van der Waals surface area contributed by atoms with Crippen molar-refractivity contribution < 1.29 is 19.8 Å². The summed E-state index contributed by atoms with van der Waals surface area (Å²) in [5, 5.41) is 20.5. The van der Waals surface area contributed by atoms with Crippen molar-refractivity contribution in [2.24, 2.45) is 0 Å². The van der Waals surface area contributed by atoms with E-state index >= 15 is 0 Å². The Morgan fingerprint density at radius 2 is 1.72 bits per heavy atom. The Morgan fingerprint density at radius 3 is 2.17 bits per heavy atom. The van der Waals surface area contributed by atoms with E-state index in [1.807, 2.05) is 32.9 Å². The minimum absolute atomic E-state index is 0.601. The highest BCUT2D eigenvalue weighted by Crippen LogP contribution is 2.22. The molecule has 1 atom stereocenters. The fourth-order valence-electron chi connectivity index (χ4n) is 1.84. The van der Waals surface area contributed by atoms with Gasteiger partial charge in [0.05, 0.1) is 6.42 Å². The zero-order chi connectivity index (χ0) is 13.9. The summed E-state index contributed by atoms with van der Waals surface area (Å²) >= 11 is 0. The van der Waals surface area contributed by atoms with Gasteiger partial charge in [-0.25, -0.2) is 0 Å². The second-order valence-electron chi connectivity index (χ2n) is 4.38. The maximum absolute atomic E-state index is 11.6. The third-order valence-electron chi connectivity index (χ3n) is 2.60. The Hall–Kier alpha value is -1.88. The van der Waals surface area contributed by atoms with Crippen molar-refractivity contribution >= 4 is 17.6 Å². The molecule has 0 bridgehead atoms. The van der Waals surface area contributed by atoms with Crippen LogP contribution in [-0.2, 0) is 9.59 Å². The summed E-state index contributed by atoms with van der Waals surface area (Å²) in [5.74, 6) is -1.91. The summed E-state index contributed by atoms with van der Waals surface area (Å²) in [5.41, 5.74) is 3.45. The number of hydrogen-bond acceptors (Lipinski definition) is 3. The average Bonchev–Trinajstić information content (AvgIpc) is 2.21. The van der Waals surface area contributed by atoms with E-state index in [1.165, 1.54) is 0 Å². The van der Waals surface area contributed by atoms with E-state index in [0.29, 0.717) is 5.69 Å². The summed E-state index contributed by atoms with van der Waals surface area (Å²) < 4.78 is 0. The number of aryl methyl sites for hydroxylation is 3. The van der Waals surface area contributed by atoms with Gasteiger partial charge in [0.25, 0.3) is 5.91 Å². The van der Waals surface area contributed by atoms with Crippen molar-refractivity contribution in [3.05, 3.63) is 28.8 Å². The van der Waals surface area contributed by atoms with E-state index in [2.05, 4.69) is 5.32 Å². The monoisotopic (exact) mass is 251 g/mol. The number of nitrogens with one attached hydrogen (secondary N) is 1. The van der Waals surface area contributed by atoms with Crippen LogP contribution in [0, 0.1) is 20.8 Å². The quantitative estimate of drug-likeness (QED) is 0.754. The first-order valence-corrected chi connectivity index (χ1v) is 5.60. The number of aliphatic hydroxyl groups excluding tert-OH is 1.